The Bertz CT molecular complexity index is 562. The van der Waals surface area contributed by atoms with Crippen LogP contribution in [0.5, 0.6) is 0 Å². The topological polar surface area (TPSA) is 79.3 Å². The lowest BCUT2D eigenvalue weighted by Gasteiger charge is -2.11. The van der Waals surface area contributed by atoms with Gasteiger partial charge in [-0.2, -0.15) is 4.98 Å². The molecule has 1 aromatic heterocycles. The molecule has 2 rings (SSSR count). The number of nitrogens with one attached hydrogen (secondary N) is 2. The summed E-state index contributed by atoms with van der Waals surface area (Å²) in [6.07, 6.45) is 0.906. The van der Waals surface area contributed by atoms with E-state index in [4.69, 9.17) is 9.84 Å². The summed E-state index contributed by atoms with van der Waals surface area (Å²) in [5.41, 5.74) is 0.875. The van der Waals surface area contributed by atoms with Gasteiger partial charge in [-0.1, -0.05) is 12.1 Å². The highest BCUT2D eigenvalue weighted by atomic mass is 16.5. The molecule has 0 fully saturated rings. The molecule has 21 heavy (non-hydrogen) atoms. The summed E-state index contributed by atoms with van der Waals surface area (Å²) >= 11 is 0. The van der Waals surface area contributed by atoms with Gasteiger partial charge in [-0.3, -0.25) is 0 Å². The van der Waals surface area contributed by atoms with Crippen LogP contribution in [-0.4, -0.2) is 48.0 Å². The van der Waals surface area contributed by atoms with E-state index in [1.165, 1.54) is 0 Å². The molecule has 3 N–H and O–H groups in total. The second-order valence-electron chi connectivity index (χ2n) is 4.54. The van der Waals surface area contributed by atoms with E-state index in [9.17, 15) is 0 Å². The third kappa shape index (κ3) is 4.54. The number of ether oxygens (including phenoxy) is 1. The number of aliphatic hydroxyl groups excluding tert-OH is 1. The molecule has 6 heteroatoms. The molecule has 0 radical (unpaired) electrons. The molecular formula is C15H22N4O2. The van der Waals surface area contributed by atoms with Crippen LogP contribution in [0.15, 0.2) is 24.3 Å². The van der Waals surface area contributed by atoms with Crippen LogP contribution in [0.4, 0.5) is 11.8 Å². The molecule has 0 saturated carbocycles. The van der Waals surface area contributed by atoms with Gasteiger partial charge in [-0.25, -0.2) is 4.98 Å². The SMILES string of the molecule is CCOCCCNc1nc(NCCO)c2ccccc2n1. The first-order valence-corrected chi connectivity index (χ1v) is 7.28. The number of nitrogens with zero attached hydrogens (tertiary/aromatic N) is 2. The zero-order valence-corrected chi connectivity index (χ0v) is 12.3. The van der Waals surface area contributed by atoms with Gasteiger partial charge in [0.05, 0.1) is 12.1 Å². The molecule has 1 heterocycles. The van der Waals surface area contributed by atoms with E-state index < -0.39 is 0 Å². The zero-order valence-electron chi connectivity index (χ0n) is 12.3. The monoisotopic (exact) mass is 290 g/mol. The largest absolute Gasteiger partial charge is 0.395 e. The van der Waals surface area contributed by atoms with Gasteiger partial charge in [-0.05, 0) is 25.5 Å². The van der Waals surface area contributed by atoms with E-state index in [-0.39, 0.29) is 6.61 Å². The van der Waals surface area contributed by atoms with E-state index in [2.05, 4.69) is 20.6 Å². The van der Waals surface area contributed by atoms with Gasteiger partial charge in [0.1, 0.15) is 5.82 Å². The summed E-state index contributed by atoms with van der Waals surface area (Å²) in [6, 6.07) is 7.81. The van der Waals surface area contributed by atoms with Gasteiger partial charge >= 0.3 is 0 Å². The number of benzene rings is 1. The van der Waals surface area contributed by atoms with Crippen LogP contribution in [0.3, 0.4) is 0 Å². The van der Waals surface area contributed by atoms with Crippen molar-refractivity contribution in [2.75, 3.05) is 43.5 Å². The third-order valence-corrected chi connectivity index (χ3v) is 2.96. The Balaban J connectivity index is 2.08. The Kier molecular flexibility index (Phi) is 6.18. The first-order valence-electron chi connectivity index (χ1n) is 7.28. The average Bonchev–Trinajstić information content (AvgIpc) is 2.52. The van der Waals surface area contributed by atoms with Crippen LogP contribution in [0.2, 0.25) is 0 Å². The molecule has 0 aliphatic carbocycles. The number of anilines is 2. The Labute approximate surface area is 124 Å². The van der Waals surface area contributed by atoms with Crippen molar-refractivity contribution < 1.29 is 9.84 Å². The van der Waals surface area contributed by atoms with Gasteiger partial charge in [0.15, 0.2) is 0 Å². The number of hydrogen-bond donors (Lipinski definition) is 3. The quantitative estimate of drug-likeness (QED) is 0.612. The predicted molar refractivity (Wildman–Crippen MR) is 84.7 cm³/mol. The van der Waals surface area contributed by atoms with Gasteiger partial charge in [0.25, 0.3) is 0 Å². The van der Waals surface area contributed by atoms with Crippen molar-refractivity contribution in [3.63, 3.8) is 0 Å². The van der Waals surface area contributed by atoms with Crippen molar-refractivity contribution >= 4 is 22.7 Å². The van der Waals surface area contributed by atoms with Crippen LogP contribution in [0.1, 0.15) is 13.3 Å². The molecule has 0 atom stereocenters. The fourth-order valence-corrected chi connectivity index (χ4v) is 1.98. The first-order chi connectivity index (χ1) is 10.3. The Morgan fingerprint density at radius 3 is 2.81 bits per heavy atom. The summed E-state index contributed by atoms with van der Waals surface area (Å²) < 4.78 is 5.30. The molecule has 0 amide bonds. The molecule has 2 aromatic rings. The summed E-state index contributed by atoms with van der Waals surface area (Å²) in [6.45, 7) is 4.74. The number of fused-ring (bicyclic) bond motifs is 1. The minimum absolute atomic E-state index is 0.0649. The highest BCUT2D eigenvalue weighted by Gasteiger charge is 2.06. The van der Waals surface area contributed by atoms with Crippen molar-refractivity contribution in [3.05, 3.63) is 24.3 Å². The van der Waals surface area contributed by atoms with Crippen LogP contribution in [-0.2, 0) is 4.74 Å². The number of rotatable bonds is 9. The van der Waals surface area contributed by atoms with E-state index in [0.29, 0.717) is 12.5 Å². The molecule has 114 valence electrons. The van der Waals surface area contributed by atoms with E-state index in [1.807, 2.05) is 31.2 Å². The number of aliphatic hydroxyl groups is 1. The molecule has 1 aromatic carbocycles. The standard InChI is InChI=1S/C15H22N4O2/c1-2-21-11-5-8-17-15-18-13-7-4-3-6-12(13)14(19-15)16-9-10-20/h3-4,6-7,20H,2,5,8-11H2,1H3,(H2,16,17,18,19). The van der Waals surface area contributed by atoms with Crippen LogP contribution < -0.4 is 10.6 Å². The van der Waals surface area contributed by atoms with Crippen LogP contribution in [0, 0.1) is 0 Å². The maximum Gasteiger partial charge on any atom is 0.225 e. The third-order valence-electron chi connectivity index (χ3n) is 2.96. The minimum atomic E-state index is 0.0649. The highest BCUT2D eigenvalue weighted by Crippen LogP contribution is 2.21. The smallest absolute Gasteiger partial charge is 0.225 e. The molecule has 0 saturated heterocycles. The normalized spacial score (nSPS) is 10.8. The number of hydrogen-bond acceptors (Lipinski definition) is 6. The Morgan fingerprint density at radius 2 is 2.00 bits per heavy atom. The highest BCUT2D eigenvalue weighted by molar-refractivity contribution is 5.89. The fourth-order valence-electron chi connectivity index (χ4n) is 1.98. The van der Waals surface area contributed by atoms with Gasteiger partial charge in [0.2, 0.25) is 5.95 Å². The summed E-state index contributed by atoms with van der Waals surface area (Å²) in [5.74, 6) is 1.33. The van der Waals surface area contributed by atoms with E-state index >= 15 is 0 Å². The molecule has 6 nitrogen and oxygen atoms in total. The molecule has 0 aliphatic heterocycles. The van der Waals surface area contributed by atoms with Gasteiger partial charge in [0, 0.05) is 31.7 Å². The molecular weight excluding hydrogens is 268 g/mol. The maximum atomic E-state index is 8.96. The lowest BCUT2D eigenvalue weighted by Crippen LogP contribution is -2.12. The van der Waals surface area contributed by atoms with Crippen molar-refractivity contribution in [3.8, 4) is 0 Å². The second kappa shape index (κ2) is 8.39. The van der Waals surface area contributed by atoms with E-state index in [0.717, 1.165) is 42.9 Å². The zero-order chi connectivity index (χ0) is 14.9. The summed E-state index contributed by atoms with van der Waals surface area (Å²) in [4.78, 5) is 8.97. The lowest BCUT2D eigenvalue weighted by molar-refractivity contribution is 0.147. The average molecular weight is 290 g/mol. The molecule has 0 bridgehead atoms. The fraction of sp³-hybridized carbons (Fsp3) is 0.467. The summed E-state index contributed by atoms with van der Waals surface area (Å²) in [5, 5.41) is 16.2. The number of aromatic nitrogens is 2. The predicted octanol–water partition coefficient (Wildman–Crippen LogP) is 1.87. The van der Waals surface area contributed by atoms with Gasteiger partial charge < -0.3 is 20.5 Å². The lowest BCUT2D eigenvalue weighted by atomic mass is 10.2. The van der Waals surface area contributed by atoms with Crippen molar-refractivity contribution in [1.82, 2.24) is 9.97 Å². The summed E-state index contributed by atoms with van der Waals surface area (Å²) in [7, 11) is 0. The van der Waals surface area contributed by atoms with E-state index in [1.54, 1.807) is 0 Å². The minimum Gasteiger partial charge on any atom is -0.395 e. The van der Waals surface area contributed by atoms with Gasteiger partial charge in [-0.15, -0.1) is 0 Å². The second-order valence-corrected chi connectivity index (χ2v) is 4.54. The molecule has 0 spiro atoms. The molecule has 0 unspecified atom stereocenters. The van der Waals surface area contributed by atoms with Crippen LogP contribution in [0.25, 0.3) is 10.9 Å². The first kappa shape index (κ1) is 15.5. The molecule has 0 aliphatic rings. The Hall–Kier alpha value is -1.92. The van der Waals surface area contributed by atoms with Crippen molar-refractivity contribution in [2.24, 2.45) is 0 Å². The van der Waals surface area contributed by atoms with Crippen molar-refractivity contribution in [1.29, 1.82) is 0 Å². The Morgan fingerprint density at radius 1 is 1.14 bits per heavy atom. The van der Waals surface area contributed by atoms with Crippen molar-refractivity contribution in [2.45, 2.75) is 13.3 Å². The van der Waals surface area contributed by atoms with Crippen LogP contribution >= 0.6 is 0 Å². The maximum absolute atomic E-state index is 8.96. The number of para-hydroxylation sites is 1.